The highest BCUT2D eigenvalue weighted by molar-refractivity contribution is 7.89. The Morgan fingerprint density at radius 1 is 1.14 bits per heavy atom. The Morgan fingerprint density at radius 3 is 2.48 bits per heavy atom. The van der Waals surface area contributed by atoms with Crippen molar-refractivity contribution in [2.75, 3.05) is 6.54 Å². The summed E-state index contributed by atoms with van der Waals surface area (Å²) in [6.07, 6.45) is 1.66. The predicted octanol–water partition coefficient (Wildman–Crippen LogP) is 4.58. The van der Waals surface area contributed by atoms with Gasteiger partial charge in [0.05, 0.1) is 16.1 Å². The Morgan fingerprint density at radius 2 is 1.86 bits per heavy atom. The van der Waals surface area contributed by atoms with Crippen LogP contribution in [0.15, 0.2) is 40.6 Å². The second-order valence-corrected chi connectivity index (χ2v) is 8.46. The molecule has 0 bridgehead atoms. The van der Waals surface area contributed by atoms with E-state index < -0.39 is 10.0 Å². The van der Waals surface area contributed by atoms with E-state index in [0.29, 0.717) is 6.54 Å². The maximum Gasteiger partial charge on any atom is 0.246 e. The van der Waals surface area contributed by atoms with Crippen molar-refractivity contribution >= 4 is 44.6 Å². The molecule has 21 heavy (non-hydrogen) atoms. The SMILES string of the molecule is O=S(=O)(c1c(Cl)cccc1Cl)N1CCC[C@@H]1c1cccs1. The van der Waals surface area contributed by atoms with Crippen molar-refractivity contribution in [3.63, 3.8) is 0 Å². The Labute approximate surface area is 138 Å². The zero-order chi connectivity index (χ0) is 15.0. The normalized spacial score (nSPS) is 20.0. The minimum absolute atomic E-state index is 0.0109. The van der Waals surface area contributed by atoms with Crippen molar-refractivity contribution in [1.29, 1.82) is 0 Å². The van der Waals surface area contributed by atoms with Crippen LogP contribution in [-0.2, 0) is 10.0 Å². The number of nitrogens with zero attached hydrogens (tertiary/aromatic N) is 1. The van der Waals surface area contributed by atoms with Crippen LogP contribution in [0.2, 0.25) is 10.0 Å². The third kappa shape index (κ3) is 2.73. The molecular formula is C14H13Cl2NO2S2. The van der Waals surface area contributed by atoms with Crippen LogP contribution in [0.5, 0.6) is 0 Å². The van der Waals surface area contributed by atoms with E-state index in [1.165, 1.54) is 4.31 Å². The molecule has 0 unspecified atom stereocenters. The van der Waals surface area contributed by atoms with Crippen molar-refractivity contribution in [3.05, 3.63) is 50.6 Å². The first-order chi connectivity index (χ1) is 10.0. The molecule has 0 N–H and O–H groups in total. The van der Waals surface area contributed by atoms with Crippen LogP contribution >= 0.6 is 34.5 Å². The molecule has 0 aliphatic carbocycles. The van der Waals surface area contributed by atoms with E-state index in [1.54, 1.807) is 29.5 Å². The van der Waals surface area contributed by atoms with Gasteiger partial charge in [0.1, 0.15) is 4.90 Å². The van der Waals surface area contributed by atoms with Gasteiger partial charge in [0, 0.05) is 11.4 Å². The molecule has 0 saturated carbocycles. The van der Waals surface area contributed by atoms with Crippen molar-refractivity contribution in [2.45, 2.75) is 23.8 Å². The molecule has 0 radical (unpaired) electrons. The van der Waals surface area contributed by atoms with Gasteiger partial charge in [0.2, 0.25) is 10.0 Å². The second-order valence-electron chi connectivity index (χ2n) is 4.84. The van der Waals surface area contributed by atoms with Crippen LogP contribution in [0.4, 0.5) is 0 Å². The third-order valence-corrected chi connectivity index (χ3v) is 7.40. The molecule has 3 rings (SSSR count). The number of halogens is 2. The molecule has 1 atom stereocenters. The van der Waals surface area contributed by atoms with Gasteiger partial charge in [0.15, 0.2) is 0 Å². The fourth-order valence-corrected chi connectivity index (χ4v) is 6.35. The molecule has 7 heteroatoms. The van der Waals surface area contributed by atoms with Crippen LogP contribution in [0, 0.1) is 0 Å². The first-order valence-corrected chi connectivity index (χ1v) is 9.58. The summed E-state index contributed by atoms with van der Waals surface area (Å²) >= 11 is 13.7. The smallest absolute Gasteiger partial charge is 0.207 e. The molecule has 2 aromatic rings. The van der Waals surface area contributed by atoms with E-state index >= 15 is 0 Å². The van der Waals surface area contributed by atoms with Crippen LogP contribution in [-0.4, -0.2) is 19.3 Å². The van der Waals surface area contributed by atoms with Crippen LogP contribution in [0.3, 0.4) is 0 Å². The molecule has 1 aromatic carbocycles. The third-order valence-electron chi connectivity index (χ3n) is 3.56. The first kappa shape index (κ1) is 15.3. The molecule has 3 nitrogen and oxygen atoms in total. The van der Waals surface area contributed by atoms with Crippen molar-refractivity contribution in [1.82, 2.24) is 4.31 Å². The Hall–Kier alpha value is -0.590. The largest absolute Gasteiger partial charge is 0.246 e. The van der Waals surface area contributed by atoms with E-state index in [9.17, 15) is 8.42 Å². The van der Waals surface area contributed by atoms with E-state index in [-0.39, 0.29) is 21.0 Å². The maximum atomic E-state index is 12.9. The zero-order valence-electron chi connectivity index (χ0n) is 11.0. The van der Waals surface area contributed by atoms with Gasteiger partial charge in [0.25, 0.3) is 0 Å². The molecule has 0 spiro atoms. The molecule has 1 saturated heterocycles. The lowest BCUT2D eigenvalue weighted by Crippen LogP contribution is -2.30. The number of sulfonamides is 1. The molecule has 0 amide bonds. The van der Waals surface area contributed by atoms with Crippen molar-refractivity contribution < 1.29 is 8.42 Å². The van der Waals surface area contributed by atoms with Crippen molar-refractivity contribution in [2.24, 2.45) is 0 Å². The minimum atomic E-state index is -3.70. The Bertz CT molecular complexity index is 724. The minimum Gasteiger partial charge on any atom is -0.207 e. The lowest BCUT2D eigenvalue weighted by molar-refractivity contribution is 0.401. The van der Waals surface area contributed by atoms with Gasteiger partial charge < -0.3 is 0 Å². The van der Waals surface area contributed by atoms with E-state index in [4.69, 9.17) is 23.2 Å². The standard InChI is InChI=1S/C14H13Cl2NO2S2/c15-10-4-1-5-11(16)14(10)21(18,19)17-8-2-6-12(17)13-7-3-9-20-13/h1,3-5,7,9,12H,2,6,8H2/t12-/m1/s1. The maximum absolute atomic E-state index is 12.9. The number of thiophene rings is 1. The summed E-state index contributed by atoms with van der Waals surface area (Å²) in [5, 5.41) is 2.29. The molecule has 1 aliphatic heterocycles. The highest BCUT2D eigenvalue weighted by Crippen LogP contribution is 2.41. The number of rotatable bonds is 3. The molecule has 1 aromatic heterocycles. The van der Waals surface area contributed by atoms with E-state index in [2.05, 4.69) is 0 Å². The summed E-state index contributed by atoms with van der Waals surface area (Å²) in [6.45, 7) is 0.493. The van der Waals surface area contributed by atoms with Gasteiger partial charge in [-0.15, -0.1) is 11.3 Å². The van der Waals surface area contributed by atoms with Crippen LogP contribution in [0.25, 0.3) is 0 Å². The van der Waals surface area contributed by atoms with Crippen LogP contribution < -0.4 is 0 Å². The number of hydrogen-bond donors (Lipinski definition) is 0. The molecule has 1 fully saturated rings. The number of benzene rings is 1. The fourth-order valence-electron chi connectivity index (χ4n) is 2.64. The summed E-state index contributed by atoms with van der Waals surface area (Å²) in [4.78, 5) is 1.07. The van der Waals surface area contributed by atoms with Gasteiger partial charge >= 0.3 is 0 Å². The lowest BCUT2D eigenvalue weighted by Gasteiger charge is -2.24. The highest BCUT2D eigenvalue weighted by atomic mass is 35.5. The average Bonchev–Trinajstić information content (AvgIpc) is 3.09. The highest BCUT2D eigenvalue weighted by Gasteiger charge is 2.38. The average molecular weight is 362 g/mol. The van der Waals surface area contributed by atoms with Gasteiger partial charge in [-0.2, -0.15) is 4.31 Å². The summed E-state index contributed by atoms with van der Waals surface area (Å²) in [7, 11) is -3.70. The molecule has 2 heterocycles. The molecular weight excluding hydrogens is 349 g/mol. The summed E-state index contributed by atoms with van der Waals surface area (Å²) in [5.74, 6) is 0. The Balaban J connectivity index is 2.06. The van der Waals surface area contributed by atoms with E-state index in [0.717, 1.165) is 17.7 Å². The summed E-state index contributed by atoms with van der Waals surface area (Å²) < 4.78 is 27.4. The van der Waals surface area contributed by atoms with Gasteiger partial charge in [-0.1, -0.05) is 35.3 Å². The monoisotopic (exact) mass is 361 g/mol. The predicted molar refractivity (Wildman–Crippen MR) is 86.6 cm³/mol. The second kappa shape index (κ2) is 5.89. The van der Waals surface area contributed by atoms with Gasteiger partial charge in [-0.25, -0.2) is 8.42 Å². The van der Waals surface area contributed by atoms with E-state index in [1.807, 2.05) is 17.5 Å². The lowest BCUT2D eigenvalue weighted by atomic mass is 10.2. The topological polar surface area (TPSA) is 37.4 Å². The molecule has 112 valence electrons. The summed E-state index contributed by atoms with van der Waals surface area (Å²) in [6, 6.07) is 8.53. The first-order valence-electron chi connectivity index (χ1n) is 6.51. The number of hydrogen-bond acceptors (Lipinski definition) is 3. The van der Waals surface area contributed by atoms with Crippen molar-refractivity contribution in [3.8, 4) is 0 Å². The zero-order valence-corrected chi connectivity index (χ0v) is 14.1. The van der Waals surface area contributed by atoms with Gasteiger partial charge in [-0.3, -0.25) is 0 Å². The fraction of sp³-hybridized carbons (Fsp3) is 0.286. The quantitative estimate of drug-likeness (QED) is 0.801. The Kier molecular flexibility index (Phi) is 4.30. The summed E-state index contributed by atoms with van der Waals surface area (Å²) in [5.41, 5.74) is 0. The van der Waals surface area contributed by atoms with Crippen LogP contribution in [0.1, 0.15) is 23.8 Å². The van der Waals surface area contributed by atoms with Gasteiger partial charge in [-0.05, 0) is 36.4 Å². The molecule has 1 aliphatic rings.